The summed E-state index contributed by atoms with van der Waals surface area (Å²) in [6.45, 7) is 2.00. The summed E-state index contributed by atoms with van der Waals surface area (Å²) < 4.78 is 11.0. The number of benzene rings is 1. The van der Waals surface area contributed by atoms with Gasteiger partial charge in [0, 0.05) is 0 Å². The number of carbonyl (C=O) groups excluding carboxylic acids is 1. The Morgan fingerprint density at radius 2 is 1.77 bits per heavy atom. The van der Waals surface area contributed by atoms with Crippen molar-refractivity contribution in [1.29, 1.82) is 0 Å². The highest BCUT2D eigenvalue weighted by molar-refractivity contribution is 7.19. The van der Waals surface area contributed by atoms with Gasteiger partial charge in [0.1, 0.15) is 16.3 Å². The second-order valence-electron chi connectivity index (χ2n) is 5.80. The molecule has 0 spiro atoms. The molecule has 1 amide bonds. The zero-order valence-corrected chi connectivity index (χ0v) is 14.9. The number of aryl methyl sites for hydroxylation is 1. The lowest BCUT2D eigenvalue weighted by Gasteiger charge is -2.04. The summed E-state index contributed by atoms with van der Waals surface area (Å²) in [7, 11) is 0. The topological polar surface area (TPSA) is 68.3 Å². The Bertz CT molecular complexity index is 966. The standard InChI is InChI=1S/C20H16N2O3S/c1-13-6-2-3-7-14(13)12-17(23)21-20-22-18(15-8-4-10-24-15)19(26-20)16-9-5-11-25-16/h2-11H,12H2,1H3,(H,21,22,23). The molecule has 0 aliphatic heterocycles. The number of furan rings is 2. The molecule has 0 aliphatic carbocycles. The zero-order valence-electron chi connectivity index (χ0n) is 14.1. The fraction of sp³-hybridized carbons (Fsp3) is 0.100. The van der Waals surface area contributed by atoms with Crippen LogP contribution >= 0.6 is 11.3 Å². The van der Waals surface area contributed by atoms with Gasteiger partial charge in [-0.15, -0.1) is 0 Å². The largest absolute Gasteiger partial charge is 0.463 e. The van der Waals surface area contributed by atoms with Crippen LogP contribution in [0.1, 0.15) is 11.1 Å². The van der Waals surface area contributed by atoms with Crippen molar-refractivity contribution in [3.05, 3.63) is 72.2 Å². The van der Waals surface area contributed by atoms with Crippen LogP contribution in [0.25, 0.3) is 22.1 Å². The molecule has 4 rings (SSSR count). The van der Waals surface area contributed by atoms with Gasteiger partial charge in [-0.1, -0.05) is 35.6 Å². The molecule has 3 heterocycles. The molecule has 1 aromatic carbocycles. The lowest BCUT2D eigenvalue weighted by Crippen LogP contribution is -2.14. The van der Waals surface area contributed by atoms with Crippen LogP contribution in [0.2, 0.25) is 0 Å². The summed E-state index contributed by atoms with van der Waals surface area (Å²) in [6.07, 6.45) is 3.51. The van der Waals surface area contributed by atoms with Crippen LogP contribution in [0, 0.1) is 6.92 Å². The van der Waals surface area contributed by atoms with Gasteiger partial charge in [0.2, 0.25) is 5.91 Å². The molecule has 26 heavy (non-hydrogen) atoms. The first-order valence-electron chi connectivity index (χ1n) is 8.13. The smallest absolute Gasteiger partial charge is 0.230 e. The predicted molar refractivity (Wildman–Crippen MR) is 101 cm³/mol. The van der Waals surface area contributed by atoms with E-state index < -0.39 is 0 Å². The summed E-state index contributed by atoms with van der Waals surface area (Å²) in [5.74, 6) is 1.21. The lowest BCUT2D eigenvalue weighted by atomic mass is 10.1. The Balaban J connectivity index is 1.60. The van der Waals surface area contributed by atoms with Crippen molar-refractivity contribution in [1.82, 2.24) is 4.98 Å². The first-order valence-corrected chi connectivity index (χ1v) is 8.95. The fourth-order valence-corrected chi connectivity index (χ4v) is 3.63. The van der Waals surface area contributed by atoms with Gasteiger partial charge in [-0.2, -0.15) is 0 Å². The highest BCUT2D eigenvalue weighted by Gasteiger charge is 2.20. The number of carbonyl (C=O) groups is 1. The van der Waals surface area contributed by atoms with Crippen LogP contribution in [0.4, 0.5) is 5.13 Å². The molecule has 0 fully saturated rings. The van der Waals surface area contributed by atoms with Crippen molar-refractivity contribution in [2.24, 2.45) is 0 Å². The first kappa shape index (κ1) is 16.4. The monoisotopic (exact) mass is 364 g/mol. The molecule has 3 aromatic heterocycles. The van der Waals surface area contributed by atoms with Gasteiger partial charge in [-0.3, -0.25) is 4.79 Å². The van der Waals surface area contributed by atoms with E-state index >= 15 is 0 Å². The van der Waals surface area contributed by atoms with Gasteiger partial charge in [-0.25, -0.2) is 4.98 Å². The number of thiazole rings is 1. The predicted octanol–water partition coefficient (Wildman–Crippen LogP) is 5.15. The number of nitrogens with zero attached hydrogens (tertiary/aromatic N) is 1. The summed E-state index contributed by atoms with van der Waals surface area (Å²) in [5, 5.41) is 3.40. The molecule has 0 atom stereocenters. The second-order valence-corrected chi connectivity index (χ2v) is 6.80. The van der Waals surface area contributed by atoms with Crippen LogP contribution in [0.5, 0.6) is 0 Å². The van der Waals surface area contributed by atoms with Crippen LogP contribution in [0.15, 0.2) is 69.9 Å². The van der Waals surface area contributed by atoms with Crippen molar-refractivity contribution in [3.63, 3.8) is 0 Å². The quantitative estimate of drug-likeness (QED) is 0.531. The van der Waals surface area contributed by atoms with E-state index in [0.29, 0.717) is 28.8 Å². The third kappa shape index (κ3) is 3.32. The van der Waals surface area contributed by atoms with Crippen LogP contribution < -0.4 is 5.32 Å². The molecule has 0 unspecified atom stereocenters. The van der Waals surface area contributed by atoms with Gasteiger partial charge >= 0.3 is 0 Å². The Hall–Kier alpha value is -3.12. The van der Waals surface area contributed by atoms with Gasteiger partial charge in [0.05, 0.1) is 18.9 Å². The van der Waals surface area contributed by atoms with Crippen molar-refractivity contribution in [2.45, 2.75) is 13.3 Å². The van der Waals surface area contributed by atoms with E-state index in [9.17, 15) is 4.79 Å². The van der Waals surface area contributed by atoms with E-state index in [0.717, 1.165) is 16.0 Å². The highest BCUT2D eigenvalue weighted by Crippen LogP contribution is 2.39. The number of aromatic nitrogens is 1. The molecule has 130 valence electrons. The number of hydrogen-bond donors (Lipinski definition) is 1. The zero-order chi connectivity index (χ0) is 17.9. The minimum Gasteiger partial charge on any atom is -0.463 e. The van der Waals surface area contributed by atoms with Gasteiger partial charge in [0.15, 0.2) is 10.9 Å². The van der Waals surface area contributed by atoms with Crippen molar-refractivity contribution >= 4 is 22.4 Å². The fourth-order valence-electron chi connectivity index (χ4n) is 2.67. The third-order valence-electron chi connectivity index (χ3n) is 3.99. The van der Waals surface area contributed by atoms with Crippen molar-refractivity contribution in [3.8, 4) is 22.1 Å². The average molecular weight is 364 g/mol. The minimum atomic E-state index is -0.106. The molecule has 0 bridgehead atoms. The highest BCUT2D eigenvalue weighted by atomic mass is 32.1. The van der Waals surface area contributed by atoms with E-state index in [2.05, 4.69) is 10.3 Å². The van der Waals surface area contributed by atoms with Gasteiger partial charge in [0.25, 0.3) is 0 Å². The van der Waals surface area contributed by atoms with Gasteiger partial charge in [-0.05, 0) is 42.3 Å². The number of nitrogens with one attached hydrogen (secondary N) is 1. The first-order chi connectivity index (χ1) is 12.7. The van der Waals surface area contributed by atoms with Gasteiger partial charge < -0.3 is 14.2 Å². The number of anilines is 1. The maximum Gasteiger partial charge on any atom is 0.230 e. The summed E-state index contributed by atoms with van der Waals surface area (Å²) in [5.41, 5.74) is 2.74. The molecule has 0 saturated heterocycles. The van der Waals surface area contributed by atoms with E-state index in [1.54, 1.807) is 18.6 Å². The van der Waals surface area contributed by atoms with Crippen LogP contribution in [0.3, 0.4) is 0 Å². The number of amides is 1. The Labute approximate surface area is 154 Å². The minimum absolute atomic E-state index is 0.106. The molecule has 1 N–H and O–H groups in total. The Kier molecular flexibility index (Phi) is 4.41. The Morgan fingerprint density at radius 1 is 1.04 bits per heavy atom. The van der Waals surface area contributed by atoms with E-state index in [1.807, 2.05) is 49.4 Å². The van der Waals surface area contributed by atoms with E-state index in [-0.39, 0.29) is 5.91 Å². The lowest BCUT2D eigenvalue weighted by molar-refractivity contribution is -0.115. The molecular formula is C20H16N2O3S. The molecule has 6 heteroatoms. The average Bonchev–Trinajstić information content (AvgIpc) is 3.37. The maximum atomic E-state index is 12.4. The maximum absolute atomic E-state index is 12.4. The molecule has 0 radical (unpaired) electrons. The van der Waals surface area contributed by atoms with Crippen molar-refractivity contribution in [2.75, 3.05) is 5.32 Å². The SMILES string of the molecule is Cc1ccccc1CC(=O)Nc1nc(-c2ccco2)c(-c2ccco2)s1. The molecule has 4 aromatic rings. The van der Waals surface area contributed by atoms with Crippen molar-refractivity contribution < 1.29 is 13.6 Å². The summed E-state index contributed by atoms with van der Waals surface area (Å²) in [6, 6.07) is 15.2. The molecule has 0 saturated carbocycles. The molecular weight excluding hydrogens is 348 g/mol. The summed E-state index contributed by atoms with van der Waals surface area (Å²) >= 11 is 1.36. The number of rotatable bonds is 5. The van der Waals surface area contributed by atoms with E-state index in [1.165, 1.54) is 11.3 Å². The van der Waals surface area contributed by atoms with Crippen LogP contribution in [-0.2, 0) is 11.2 Å². The summed E-state index contributed by atoms with van der Waals surface area (Å²) in [4.78, 5) is 17.8. The number of hydrogen-bond acceptors (Lipinski definition) is 5. The second kappa shape index (κ2) is 7.01. The molecule has 0 aliphatic rings. The third-order valence-corrected chi connectivity index (χ3v) is 4.97. The normalized spacial score (nSPS) is 10.8. The Morgan fingerprint density at radius 3 is 2.46 bits per heavy atom. The van der Waals surface area contributed by atoms with Crippen LogP contribution in [-0.4, -0.2) is 10.9 Å². The molecule has 5 nitrogen and oxygen atoms in total. The van der Waals surface area contributed by atoms with E-state index in [4.69, 9.17) is 8.83 Å².